The second-order valence-corrected chi connectivity index (χ2v) is 6.90. The first-order valence-corrected chi connectivity index (χ1v) is 9.04. The highest BCUT2D eigenvalue weighted by Crippen LogP contribution is 2.29. The van der Waals surface area contributed by atoms with Gasteiger partial charge in [0, 0.05) is 16.7 Å². The predicted molar refractivity (Wildman–Crippen MR) is 109 cm³/mol. The third-order valence-electron chi connectivity index (χ3n) is 4.95. The van der Waals surface area contributed by atoms with Crippen molar-refractivity contribution in [1.29, 1.82) is 0 Å². The van der Waals surface area contributed by atoms with Crippen LogP contribution in [0, 0.1) is 23.9 Å². The average Bonchev–Trinajstić information content (AvgIpc) is 2.71. The summed E-state index contributed by atoms with van der Waals surface area (Å²) in [6.07, 6.45) is 2.42. The second-order valence-electron chi connectivity index (χ2n) is 6.90. The minimum atomic E-state index is -1.25. The quantitative estimate of drug-likeness (QED) is 0.515. The van der Waals surface area contributed by atoms with E-state index in [1.54, 1.807) is 38.1 Å². The monoisotopic (exact) mass is 387 g/mol. The fraction of sp³-hybridized carbons (Fsp3) is 0.217. The fourth-order valence-corrected chi connectivity index (χ4v) is 2.70. The predicted octanol–water partition coefficient (Wildman–Crippen LogP) is 1.36. The van der Waals surface area contributed by atoms with E-state index in [0.717, 1.165) is 11.1 Å². The molecule has 3 rings (SSSR count). The fourth-order valence-electron chi connectivity index (χ4n) is 2.70. The Labute approximate surface area is 169 Å². The number of ether oxygens (including phenoxy) is 1. The van der Waals surface area contributed by atoms with Crippen molar-refractivity contribution in [3.8, 4) is 23.9 Å². The molecule has 1 heterocycles. The van der Waals surface area contributed by atoms with E-state index < -0.39 is 17.0 Å². The molecule has 6 heteroatoms. The molecule has 6 nitrogen and oxygen atoms in total. The van der Waals surface area contributed by atoms with Crippen molar-refractivity contribution in [2.75, 3.05) is 6.67 Å². The minimum Gasteiger partial charge on any atom is -0.424 e. The largest absolute Gasteiger partial charge is 0.424 e. The molecule has 0 bridgehead atoms. The summed E-state index contributed by atoms with van der Waals surface area (Å²) >= 11 is 0. The summed E-state index contributed by atoms with van der Waals surface area (Å²) in [6.45, 7) is 3.28. The zero-order chi connectivity index (χ0) is 20.9. The zero-order valence-electron chi connectivity index (χ0n) is 16.2. The van der Waals surface area contributed by atoms with Gasteiger partial charge in [0.05, 0.1) is 6.67 Å². The van der Waals surface area contributed by atoms with Gasteiger partial charge >= 0.3 is 0 Å². The van der Waals surface area contributed by atoms with Gasteiger partial charge in [-0.1, -0.05) is 30.0 Å². The lowest BCUT2D eigenvalue weighted by atomic mass is 9.80. The first kappa shape index (κ1) is 20.0. The summed E-state index contributed by atoms with van der Waals surface area (Å²) in [6, 6.07) is 16.6. The van der Waals surface area contributed by atoms with Crippen LogP contribution in [0.3, 0.4) is 0 Å². The maximum Gasteiger partial charge on any atom is 0.252 e. The van der Waals surface area contributed by atoms with Crippen molar-refractivity contribution in [2.45, 2.75) is 25.0 Å². The van der Waals surface area contributed by atoms with Gasteiger partial charge in [0.25, 0.3) is 5.91 Å². The number of carbonyl (C=O) groups excluding carboxylic acids is 2. The van der Waals surface area contributed by atoms with Crippen LogP contribution >= 0.6 is 0 Å². The van der Waals surface area contributed by atoms with Crippen molar-refractivity contribution >= 4 is 11.8 Å². The molecule has 0 saturated heterocycles. The van der Waals surface area contributed by atoms with Crippen LogP contribution in [0.4, 0.5) is 0 Å². The Morgan fingerprint density at radius 2 is 1.69 bits per heavy atom. The van der Waals surface area contributed by atoms with Crippen LogP contribution in [0.1, 0.15) is 35.3 Å². The van der Waals surface area contributed by atoms with Gasteiger partial charge in [-0.3, -0.25) is 14.9 Å². The van der Waals surface area contributed by atoms with Crippen LogP contribution < -0.4 is 16.4 Å². The molecule has 2 amide bonds. The van der Waals surface area contributed by atoms with Crippen LogP contribution in [0.25, 0.3) is 0 Å². The highest BCUT2D eigenvalue weighted by atomic mass is 16.5. The molecule has 2 aromatic carbocycles. The molecule has 29 heavy (non-hydrogen) atoms. The van der Waals surface area contributed by atoms with Crippen molar-refractivity contribution in [3.05, 3.63) is 71.3 Å². The van der Waals surface area contributed by atoms with E-state index in [1.165, 1.54) is 0 Å². The van der Waals surface area contributed by atoms with Crippen molar-refractivity contribution in [2.24, 2.45) is 5.73 Å². The maximum atomic E-state index is 12.4. The number of primary amides is 1. The van der Waals surface area contributed by atoms with E-state index in [-0.39, 0.29) is 12.6 Å². The van der Waals surface area contributed by atoms with Crippen LogP contribution in [0.5, 0.6) is 0 Å². The highest BCUT2D eigenvalue weighted by molar-refractivity contribution is 5.94. The van der Waals surface area contributed by atoms with E-state index in [4.69, 9.17) is 10.5 Å². The first-order chi connectivity index (χ1) is 13.8. The summed E-state index contributed by atoms with van der Waals surface area (Å²) in [5, 5.41) is 5.64. The molecule has 0 saturated carbocycles. The summed E-state index contributed by atoms with van der Waals surface area (Å²) in [7, 11) is 0. The minimum absolute atomic E-state index is 0.0223. The van der Waals surface area contributed by atoms with E-state index >= 15 is 0 Å². The molecule has 1 aliphatic heterocycles. The average molecular weight is 387 g/mol. The Balaban J connectivity index is 1.58. The van der Waals surface area contributed by atoms with Gasteiger partial charge in [-0.2, -0.15) is 0 Å². The van der Waals surface area contributed by atoms with Gasteiger partial charge < -0.3 is 15.8 Å². The molecule has 0 radical (unpaired) electrons. The van der Waals surface area contributed by atoms with Gasteiger partial charge in [-0.25, -0.2) is 0 Å². The molecule has 2 unspecified atom stereocenters. The number of nitrogens with one attached hydrogen (secondary N) is 2. The van der Waals surface area contributed by atoms with Crippen molar-refractivity contribution < 1.29 is 14.3 Å². The number of amides is 2. The van der Waals surface area contributed by atoms with E-state index in [2.05, 4.69) is 34.5 Å². The molecule has 4 N–H and O–H groups in total. The smallest absolute Gasteiger partial charge is 0.252 e. The molecule has 0 aliphatic carbocycles. The van der Waals surface area contributed by atoms with Crippen LogP contribution in [-0.2, 0) is 9.53 Å². The van der Waals surface area contributed by atoms with Gasteiger partial charge in [0.1, 0.15) is 11.6 Å². The summed E-state index contributed by atoms with van der Waals surface area (Å²) in [5.74, 6) is 8.00. The van der Waals surface area contributed by atoms with E-state index in [1.807, 2.05) is 30.3 Å². The van der Waals surface area contributed by atoms with E-state index in [9.17, 15) is 9.59 Å². The van der Waals surface area contributed by atoms with Crippen molar-refractivity contribution in [1.82, 2.24) is 10.6 Å². The topological polar surface area (TPSA) is 93.5 Å². The molecule has 0 aromatic heterocycles. The first-order valence-electron chi connectivity index (χ1n) is 9.04. The summed E-state index contributed by atoms with van der Waals surface area (Å²) in [4.78, 5) is 24.3. The molecular formula is C23H21N3O3. The van der Waals surface area contributed by atoms with Gasteiger partial charge in [0.15, 0.2) is 0 Å². The Morgan fingerprint density at radius 1 is 1.10 bits per heavy atom. The highest BCUT2D eigenvalue weighted by Gasteiger charge is 2.53. The zero-order valence-corrected chi connectivity index (χ0v) is 16.2. The molecule has 146 valence electrons. The molecule has 0 spiro atoms. The third-order valence-corrected chi connectivity index (χ3v) is 4.95. The standard InChI is InChI=1S/C23H21N3O3/c1-22(14-15-29-22)23(2,21(24)28)26-16-25-20(27)19-12-10-18(11-13-19)9-8-17-6-4-3-5-7-17/h3-7,10-13,26H,16H2,1-2H3,(H2,24,28)(H,25,27). The molecular weight excluding hydrogens is 366 g/mol. The molecule has 2 atom stereocenters. The number of hydrogen-bond donors (Lipinski definition) is 3. The second kappa shape index (κ2) is 8.10. The molecule has 2 aromatic rings. The normalized spacial score (nSPS) is 18.4. The Kier molecular flexibility index (Phi) is 5.59. The Hall–Kier alpha value is -3.74. The Bertz CT molecular complexity index is 1040. The van der Waals surface area contributed by atoms with Crippen LogP contribution in [0.2, 0.25) is 0 Å². The van der Waals surface area contributed by atoms with Crippen LogP contribution in [-0.4, -0.2) is 29.6 Å². The lowest BCUT2D eigenvalue weighted by Crippen LogP contribution is -2.69. The Morgan fingerprint density at radius 3 is 2.21 bits per heavy atom. The summed E-state index contributed by atoms with van der Waals surface area (Å²) in [5.41, 5.74) is 5.42. The van der Waals surface area contributed by atoms with E-state index in [0.29, 0.717) is 5.56 Å². The number of hydrogen-bond acceptors (Lipinski definition) is 4. The molecule has 1 aliphatic rings. The van der Waals surface area contributed by atoms with Crippen molar-refractivity contribution in [3.63, 3.8) is 0 Å². The number of rotatable bonds is 6. The number of carbonyl (C=O) groups is 2. The van der Waals surface area contributed by atoms with Gasteiger partial charge in [0.2, 0.25) is 11.5 Å². The number of benzene rings is 2. The van der Waals surface area contributed by atoms with Gasteiger partial charge in [-0.05, 0) is 56.2 Å². The lowest BCUT2D eigenvalue weighted by molar-refractivity contribution is -0.132. The third kappa shape index (κ3) is 4.24. The maximum absolute atomic E-state index is 12.4. The lowest BCUT2D eigenvalue weighted by Gasteiger charge is -2.41. The number of nitrogens with two attached hydrogens (primary N) is 1. The molecule has 0 fully saturated rings. The van der Waals surface area contributed by atoms with Gasteiger partial charge in [-0.15, -0.1) is 0 Å². The SMILES string of the molecule is CC1(C(C)(NCNC(=O)c2ccc(C#Cc3ccccc3)cc2)C(N)=O)C#CO1. The van der Waals surface area contributed by atoms with Crippen LogP contribution in [0.15, 0.2) is 54.6 Å². The summed E-state index contributed by atoms with van der Waals surface area (Å²) < 4.78 is 5.20.